The molecule has 17 heavy (non-hydrogen) atoms. The van der Waals surface area contributed by atoms with Gasteiger partial charge in [-0.2, -0.15) is 0 Å². The molecule has 1 N–H and O–H groups in total. The summed E-state index contributed by atoms with van der Waals surface area (Å²) < 4.78 is 5.14. The summed E-state index contributed by atoms with van der Waals surface area (Å²) in [5.74, 6) is 0.898. The van der Waals surface area contributed by atoms with E-state index in [1.807, 2.05) is 19.9 Å². The van der Waals surface area contributed by atoms with Crippen molar-refractivity contribution in [3.05, 3.63) is 52.9 Å². The summed E-state index contributed by atoms with van der Waals surface area (Å²) >= 11 is 0. The van der Waals surface area contributed by atoms with Crippen LogP contribution < -0.4 is 5.32 Å². The highest BCUT2D eigenvalue weighted by molar-refractivity contribution is 5.22. The lowest BCUT2D eigenvalue weighted by Crippen LogP contribution is -2.18. The topological polar surface area (TPSA) is 38.1 Å². The molecule has 0 unspecified atom stereocenters. The molecule has 3 heteroatoms. The number of aryl methyl sites for hydroxylation is 2. The lowest BCUT2D eigenvalue weighted by Gasteiger charge is -2.13. The number of nitrogens with zero attached hydrogens (tertiary/aromatic N) is 1. The number of aromatic nitrogens is 1. The summed E-state index contributed by atoms with van der Waals surface area (Å²) in [5.41, 5.74) is 3.42. The van der Waals surface area contributed by atoms with Crippen molar-refractivity contribution < 1.29 is 4.52 Å². The molecule has 0 fully saturated rings. The van der Waals surface area contributed by atoms with Gasteiger partial charge in [-0.1, -0.05) is 35.5 Å². The number of rotatable bonds is 4. The number of hydrogen-bond acceptors (Lipinski definition) is 3. The maximum absolute atomic E-state index is 5.14. The molecule has 0 aliphatic rings. The van der Waals surface area contributed by atoms with Crippen LogP contribution in [0.2, 0.25) is 0 Å². The van der Waals surface area contributed by atoms with E-state index in [0.29, 0.717) is 6.04 Å². The van der Waals surface area contributed by atoms with E-state index < -0.39 is 0 Å². The van der Waals surface area contributed by atoms with E-state index in [0.717, 1.165) is 23.6 Å². The van der Waals surface area contributed by atoms with Crippen LogP contribution in [-0.4, -0.2) is 5.16 Å². The highest BCUT2D eigenvalue weighted by atomic mass is 16.5. The standard InChI is InChI=1S/C14H18N2O/c1-10(13-7-5-4-6-8-13)15-9-14-11(2)16-17-12(14)3/h4-8,10,15H,9H2,1-3H3/t10-/m1/s1. The van der Waals surface area contributed by atoms with Gasteiger partial charge in [-0.05, 0) is 26.3 Å². The van der Waals surface area contributed by atoms with Crippen molar-refractivity contribution >= 4 is 0 Å². The Morgan fingerprint density at radius 3 is 2.53 bits per heavy atom. The molecular formula is C14H18N2O. The Morgan fingerprint density at radius 2 is 1.94 bits per heavy atom. The molecule has 0 amide bonds. The first kappa shape index (κ1) is 11.9. The first-order chi connectivity index (χ1) is 8.18. The average molecular weight is 230 g/mol. The molecule has 0 bridgehead atoms. The zero-order valence-electron chi connectivity index (χ0n) is 10.5. The Bertz CT molecular complexity index is 457. The van der Waals surface area contributed by atoms with E-state index in [1.165, 1.54) is 5.56 Å². The van der Waals surface area contributed by atoms with Gasteiger partial charge in [0, 0.05) is 18.2 Å². The van der Waals surface area contributed by atoms with Gasteiger partial charge < -0.3 is 9.84 Å². The van der Waals surface area contributed by atoms with Crippen molar-refractivity contribution in [3.63, 3.8) is 0 Å². The molecule has 1 heterocycles. The van der Waals surface area contributed by atoms with Crippen molar-refractivity contribution in [2.75, 3.05) is 0 Å². The van der Waals surface area contributed by atoms with Crippen LogP contribution >= 0.6 is 0 Å². The highest BCUT2D eigenvalue weighted by Crippen LogP contribution is 2.15. The van der Waals surface area contributed by atoms with Gasteiger partial charge in [-0.3, -0.25) is 0 Å². The highest BCUT2D eigenvalue weighted by Gasteiger charge is 2.10. The van der Waals surface area contributed by atoms with E-state index in [2.05, 4.69) is 41.7 Å². The maximum Gasteiger partial charge on any atom is 0.138 e. The molecule has 3 nitrogen and oxygen atoms in total. The molecule has 2 aromatic rings. The van der Waals surface area contributed by atoms with Crippen LogP contribution in [0.25, 0.3) is 0 Å². The third-order valence-corrected chi connectivity index (χ3v) is 3.07. The molecule has 1 aromatic heterocycles. The second-order valence-electron chi connectivity index (χ2n) is 4.32. The molecule has 0 aliphatic heterocycles. The molecule has 1 aromatic carbocycles. The minimum Gasteiger partial charge on any atom is -0.361 e. The molecule has 0 aliphatic carbocycles. The van der Waals surface area contributed by atoms with Gasteiger partial charge in [0.1, 0.15) is 5.76 Å². The Labute approximate surface area is 102 Å². The first-order valence-electron chi connectivity index (χ1n) is 5.88. The van der Waals surface area contributed by atoms with Crippen LogP contribution in [0.1, 0.15) is 35.5 Å². The summed E-state index contributed by atoms with van der Waals surface area (Å²) in [4.78, 5) is 0. The van der Waals surface area contributed by atoms with Gasteiger partial charge in [-0.25, -0.2) is 0 Å². The molecule has 0 saturated heterocycles. The fourth-order valence-corrected chi connectivity index (χ4v) is 1.87. The van der Waals surface area contributed by atoms with Crippen LogP contribution in [-0.2, 0) is 6.54 Å². The van der Waals surface area contributed by atoms with E-state index in [9.17, 15) is 0 Å². The molecule has 1 atom stereocenters. The van der Waals surface area contributed by atoms with Crippen LogP contribution in [0.5, 0.6) is 0 Å². The van der Waals surface area contributed by atoms with E-state index in [4.69, 9.17) is 4.52 Å². The fraction of sp³-hybridized carbons (Fsp3) is 0.357. The summed E-state index contributed by atoms with van der Waals surface area (Å²) in [6.07, 6.45) is 0. The van der Waals surface area contributed by atoms with Gasteiger partial charge in [0.05, 0.1) is 5.69 Å². The summed E-state index contributed by atoms with van der Waals surface area (Å²) in [6.45, 7) is 6.87. The van der Waals surface area contributed by atoms with Crippen LogP contribution in [0, 0.1) is 13.8 Å². The summed E-state index contributed by atoms with van der Waals surface area (Å²) in [6, 6.07) is 10.7. The second kappa shape index (κ2) is 5.15. The second-order valence-corrected chi connectivity index (χ2v) is 4.32. The molecule has 0 radical (unpaired) electrons. The minimum absolute atomic E-state index is 0.324. The third kappa shape index (κ3) is 2.74. The maximum atomic E-state index is 5.14. The van der Waals surface area contributed by atoms with Gasteiger partial charge in [0.2, 0.25) is 0 Å². The lowest BCUT2D eigenvalue weighted by atomic mass is 10.1. The van der Waals surface area contributed by atoms with Crippen molar-refractivity contribution in [1.29, 1.82) is 0 Å². The van der Waals surface area contributed by atoms with E-state index >= 15 is 0 Å². The summed E-state index contributed by atoms with van der Waals surface area (Å²) in [5, 5.41) is 7.43. The zero-order valence-corrected chi connectivity index (χ0v) is 10.5. The fourth-order valence-electron chi connectivity index (χ4n) is 1.87. The Morgan fingerprint density at radius 1 is 1.24 bits per heavy atom. The quantitative estimate of drug-likeness (QED) is 0.876. The van der Waals surface area contributed by atoms with Gasteiger partial charge in [0.25, 0.3) is 0 Å². The Balaban J connectivity index is 1.99. The van der Waals surface area contributed by atoms with Gasteiger partial charge in [0.15, 0.2) is 0 Å². The average Bonchev–Trinajstić information content (AvgIpc) is 2.67. The molecule has 0 saturated carbocycles. The molecule has 0 spiro atoms. The van der Waals surface area contributed by atoms with E-state index in [1.54, 1.807) is 0 Å². The molecule has 2 rings (SSSR count). The summed E-state index contributed by atoms with van der Waals surface area (Å²) in [7, 11) is 0. The Hall–Kier alpha value is -1.61. The third-order valence-electron chi connectivity index (χ3n) is 3.07. The van der Waals surface area contributed by atoms with Crippen molar-refractivity contribution in [3.8, 4) is 0 Å². The predicted molar refractivity (Wildman–Crippen MR) is 67.7 cm³/mol. The van der Waals surface area contributed by atoms with Crippen LogP contribution in [0.4, 0.5) is 0 Å². The van der Waals surface area contributed by atoms with Gasteiger partial charge >= 0.3 is 0 Å². The minimum atomic E-state index is 0.324. The predicted octanol–water partition coefficient (Wildman–Crippen LogP) is 3.14. The van der Waals surface area contributed by atoms with E-state index in [-0.39, 0.29) is 0 Å². The van der Waals surface area contributed by atoms with Crippen molar-refractivity contribution in [2.24, 2.45) is 0 Å². The van der Waals surface area contributed by atoms with Crippen LogP contribution in [0.3, 0.4) is 0 Å². The monoisotopic (exact) mass is 230 g/mol. The Kier molecular flexibility index (Phi) is 3.59. The molecular weight excluding hydrogens is 212 g/mol. The zero-order chi connectivity index (χ0) is 12.3. The normalized spacial score (nSPS) is 12.6. The molecule has 90 valence electrons. The number of benzene rings is 1. The largest absolute Gasteiger partial charge is 0.361 e. The van der Waals surface area contributed by atoms with Crippen molar-refractivity contribution in [1.82, 2.24) is 10.5 Å². The van der Waals surface area contributed by atoms with Crippen molar-refractivity contribution in [2.45, 2.75) is 33.4 Å². The first-order valence-corrected chi connectivity index (χ1v) is 5.88. The number of nitrogens with one attached hydrogen (secondary N) is 1. The van der Waals surface area contributed by atoms with Gasteiger partial charge in [-0.15, -0.1) is 0 Å². The smallest absolute Gasteiger partial charge is 0.138 e. The lowest BCUT2D eigenvalue weighted by molar-refractivity contribution is 0.391. The van der Waals surface area contributed by atoms with Crippen LogP contribution in [0.15, 0.2) is 34.9 Å². The number of hydrogen-bond donors (Lipinski definition) is 1. The SMILES string of the molecule is Cc1noc(C)c1CN[C@H](C)c1ccccc1.